The number of carbonyl (C=O) groups is 1. The van der Waals surface area contributed by atoms with Crippen LogP contribution in [0.1, 0.15) is 38.3 Å². The molecule has 2 aromatic rings. The van der Waals surface area contributed by atoms with Crippen LogP contribution < -0.4 is 0 Å². The molecule has 0 N–H and O–H groups in total. The highest BCUT2D eigenvalue weighted by Gasteiger charge is 2.37. The Bertz CT molecular complexity index is 1120. The number of esters is 1. The molecule has 170 valence electrons. The molecular formula is C20H26N2O6S3. The number of sulfone groups is 1. The zero-order valence-corrected chi connectivity index (χ0v) is 19.9. The van der Waals surface area contributed by atoms with E-state index >= 15 is 0 Å². The molecule has 2 heterocycles. The number of rotatable bonds is 8. The second kappa shape index (κ2) is 9.76. The number of hydrogen-bond donors (Lipinski definition) is 0. The second-order valence-corrected chi connectivity index (χ2v) is 12.4. The van der Waals surface area contributed by atoms with Crippen molar-refractivity contribution in [3.05, 3.63) is 35.3 Å². The molecule has 31 heavy (non-hydrogen) atoms. The topological polar surface area (TPSA) is 111 Å². The van der Waals surface area contributed by atoms with Gasteiger partial charge in [-0.25, -0.2) is 21.8 Å². The number of hydrogen-bond acceptors (Lipinski definition) is 8. The first-order chi connectivity index (χ1) is 14.6. The standard InChI is InChI=1S/C20H26N2O6S3/c1-3-12-31(26,27)22-11-5-4-6-18(22)20(23)28-13-16-14-29-19(21-16)15-7-9-17(10-8-15)30(2,24)25/h7-10,14,18H,3-6,11-13H2,1-2H3/t18-/m0/s1. The van der Waals surface area contributed by atoms with Crippen LogP contribution in [0.3, 0.4) is 0 Å². The summed E-state index contributed by atoms with van der Waals surface area (Å²) in [5.41, 5.74) is 1.32. The van der Waals surface area contributed by atoms with Crippen molar-refractivity contribution in [3.63, 3.8) is 0 Å². The maximum absolute atomic E-state index is 12.6. The minimum absolute atomic E-state index is 0.0182. The van der Waals surface area contributed by atoms with E-state index in [-0.39, 0.29) is 17.3 Å². The van der Waals surface area contributed by atoms with Crippen molar-refractivity contribution in [1.82, 2.24) is 9.29 Å². The summed E-state index contributed by atoms with van der Waals surface area (Å²) >= 11 is 1.36. The molecule has 1 aliphatic heterocycles. The zero-order valence-electron chi connectivity index (χ0n) is 17.5. The van der Waals surface area contributed by atoms with Crippen molar-refractivity contribution in [2.75, 3.05) is 18.6 Å². The van der Waals surface area contributed by atoms with Crippen LogP contribution in [0.4, 0.5) is 0 Å². The predicted molar refractivity (Wildman–Crippen MR) is 119 cm³/mol. The Kier molecular flexibility index (Phi) is 7.51. The van der Waals surface area contributed by atoms with Gasteiger partial charge in [0.1, 0.15) is 17.7 Å². The van der Waals surface area contributed by atoms with Gasteiger partial charge in [0.2, 0.25) is 10.0 Å². The fraction of sp³-hybridized carbons (Fsp3) is 0.500. The molecular weight excluding hydrogens is 460 g/mol. The van der Waals surface area contributed by atoms with E-state index in [9.17, 15) is 21.6 Å². The first-order valence-corrected chi connectivity index (χ1v) is 14.4. The van der Waals surface area contributed by atoms with Crippen LogP contribution >= 0.6 is 11.3 Å². The number of benzene rings is 1. The minimum atomic E-state index is -3.48. The quantitative estimate of drug-likeness (QED) is 0.528. The molecule has 3 rings (SSSR count). The Balaban J connectivity index is 1.65. The van der Waals surface area contributed by atoms with Gasteiger partial charge in [0, 0.05) is 23.7 Å². The monoisotopic (exact) mass is 486 g/mol. The highest BCUT2D eigenvalue weighted by atomic mass is 32.2. The number of carbonyl (C=O) groups excluding carboxylic acids is 1. The van der Waals surface area contributed by atoms with Crippen molar-refractivity contribution in [2.45, 2.75) is 50.2 Å². The Labute approximate surface area is 187 Å². The van der Waals surface area contributed by atoms with Gasteiger partial charge in [0.15, 0.2) is 9.84 Å². The summed E-state index contributed by atoms with van der Waals surface area (Å²) in [7, 11) is -6.75. The summed E-state index contributed by atoms with van der Waals surface area (Å²) < 4.78 is 54.8. The molecule has 1 saturated heterocycles. The first kappa shape index (κ1) is 23.8. The molecule has 1 atom stereocenters. The lowest BCUT2D eigenvalue weighted by molar-refractivity contribution is -0.150. The van der Waals surface area contributed by atoms with Crippen molar-refractivity contribution in [3.8, 4) is 10.6 Å². The molecule has 0 aliphatic carbocycles. The third kappa shape index (κ3) is 5.91. The Hall–Kier alpha value is -1.82. The van der Waals surface area contributed by atoms with E-state index in [1.165, 1.54) is 27.8 Å². The van der Waals surface area contributed by atoms with Gasteiger partial charge in [-0.3, -0.25) is 4.79 Å². The summed E-state index contributed by atoms with van der Waals surface area (Å²) in [5.74, 6) is -0.531. The molecule has 0 radical (unpaired) electrons. The van der Waals surface area contributed by atoms with E-state index in [0.29, 0.717) is 30.1 Å². The number of ether oxygens (including phenoxy) is 1. The van der Waals surface area contributed by atoms with Crippen molar-refractivity contribution >= 4 is 37.2 Å². The van der Waals surface area contributed by atoms with Crippen LogP contribution in [0.25, 0.3) is 10.6 Å². The molecule has 1 aromatic heterocycles. The van der Waals surface area contributed by atoms with Crippen LogP contribution in [-0.2, 0) is 36.0 Å². The number of nitrogens with zero attached hydrogens (tertiary/aromatic N) is 2. The molecule has 11 heteroatoms. The molecule has 0 amide bonds. The molecule has 0 bridgehead atoms. The summed E-state index contributed by atoms with van der Waals surface area (Å²) in [5, 5.41) is 2.44. The van der Waals surface area contributed by atoms with E-state index < -0.39 is 31.9 Å². The predicted octanol–water partition coefficient (Wildman–Crippen LogP) is 2.85. The lowest BCUT2D eigenvalue weighted by atomic mass is 10.1. The number of aromatic nitrogens is 1. The summed E-state index contributed by atoms with van der Waals surface area (Å²) in [6.07, 6.45) is 3.62. The Morgan fingerprint density at radius 1 is 1.19 bits per heavy atom. The smallest absolute Gasteiger partial charge is 0.324 e. The van der Waals surface area contributed by atoms with Crippen LogP contribution in [-0.4, -0.2) is 56.7 Å². The summed E-state index contributed by atoms with van der Waals surface area (Å²) in [6.45, 7) is 2.09. The Morgan fingerprint density at radius 3 is 2.55 bits per heavy atom. The van der Waals surface area contributed by atoms with E-state index in [4.69, 9.17) is 4.74 Å². The molecule has 0 unspecified atom stereocenters. The average molecular weight is 487 g/mol. The van der Waals surface area contributed by atoms with Gasteiger partial charge in [0.05, 0.1) is 16.3 Å². The summed E-state index contributed by atoms with van der Waals surface area (Å²) in [4.78, 5) is 17.3. The van der Waals surface area contributed by atoms with Gasteiger partial charge in [-0.1, -0.05) is 19.1 Å². The SMILES string of the molecule is CCCS(=O)(=O)N1CCCC[C@H]1C(=O)OCc1csc(-c2ccc(S(C)(=O)=O)cc2)n1. The largest absolute Gasteiger partial charge is 0.458 e. The second-order valence-electron chi connectivity index (χ2n) is 7.49. The highest BCUT2D eigenvalue weighted by Crippen LogP contribution is 2.26. The molecule has 8 nitrogen and oxygen atoms in total. The molecule has 0 spiro atoms. The molecule has 1 aromatic carbocycles. The zero-order chi connectivity index (χ0) is 22.6. The lowest BCUT2D eigenvalue weighted by Gasteiger charge is -2.32. The van der Waals surface area contributed by atoms with Gasteiger partial charge in [-0.2, -0.15) is 4.31 Å². The third-order valence-electron chi connectivity index (χ3n) is 4.99. The number of piperidine rings is 1. The number of sulfonamides is 1. The number of thiazole rings is 1. The fourth-order valence-electron chi connectivity index (χ4n) is 3.44. The van der Waals surface area contributed by atoms with Gasteiger partial charge >= 0.3 is 5.97 Å². The Morgan fingerprint density at radius 2 is 1.90 bits per heavy atom. The lowest BCUT2D eigenvalue weighted by Crippen LogP contribution is -2.49. The van der Waals surface area contributed by atoms with Gasteiger partial charge < -0.3 is 4.74 Å². The maximum atomic E-state index is 12.6. The van der Waals surface area contributed by atoms with Crippen molar-refractivity contribution in [2.24, 2.45) is 0 Å². The summed E-state index contributed by atoms with van der Waals surface area (Å²) in [6, 6.07) is 5.64. The van der Waals surface area contributed by atoms with E-state index in [0.717, 1.165) is 24.7 Å². The minimum Gasteiger partial charge on any atom is -0.458 e. The maximum Gasteiger partial charge on any atom is 0.324 e. The average Bonchev–Trinajstić information content (AvgIpc) is 3.20. The van der Waals surface area contributed by atoms with Gasteiger partial charge in [-0.15, -0.1) is 11.3 Å². The van der Waals surface area contributed by atoms with Crippen LogP contribution in [0, 0.1) is 0 Å². The normalized spacial score (nSPS) is 18.1. The van der Waals surface area contributed by atoms with Crippen molar-refractivity contribution < 1.29 is 26.4 Å². The van der Waals surface area contributed by atoms with Crippen LogP contribution in [0.2, 0.25) is 0 Å². The molecule has 1 aliphatic rings. The van der Waals surface area contributed by atoms with E-state index in [2.05, 4.69) is 4.98 Å². The first-order valence-electron chi connectivity index (χ1n) is 10.0. The molecule has 1 fully saturated rings. The molecule has 0 saturated carbocycles. The van der Waals surface area contributed by atoms with Crippen LogP contribution in [0.5, 0.6) is 0 Å². The third-order valence-corrected chi connectivity index (χ3v) is 9.13. The fourth-order valence-corrected chi connectivity index (χ4v) is 6.62. The van der Waals surface area contributed by atoms with Gasteiger partial charge in [0.25, 0.3) is 0 Å². The van der Waals surface area contributed by atoms with E-state index in [1.54, 1.807) is 24.4 Å². The van der Waals surface area contributed by atoms with Gasteiger partial charge in [-0.05, 0) is 37.8 Å². The highest BCUT2D eigenvalue weighted by molar-refractivity contribution is 7.90. The van der Waals surface area contributed by atoms with Crippen molar-refractivity contribution in [1.29, 1.82) is 0 Å². The van der Waals surface area contributed by atoms with Crippen LogP contribution in [0.15, 0.2) is 34.5 Å². The van der Waals surface area contributed by atoms with E-state index in [1.807, 2.05) is 0 Å².